The van der Waals surface area contributed by atoms with Crippen LogP contribution in [0.25, 0.3) is 0 Å². The molecule has 5 nitrogen and oxygen atoms in total. The van der Waals surface area contributed by atoms with Crippen molar-refractivity contribution in [2.45, 2.75) is 130 Å². The maximum absolute atomic E-state index is 12.9. The lowest BCUT2D eigenvalue weighted by Crippen LogP contribution is -2.28. The lowest BCUT2D eigenvalue weighted by Gasteiger charge is -2.23. The van der Waals surface area contributed by atoms with Gasteiger partial charge in [0.1, 0.15) is 5.78 Å². The van der Waals surface area contributed by atoms with E-state index < -0.39 is 5.92 Å². The van der Waals surface area contributed by atoms with Gasteiger partial charge in [-0.05, 0) is 51.4 Å². The van der Waals surface area contributed by atoms with Crippen LogP contribution in [0.3, 0.4) is 0 Å². The van der Waals surface area contributed by atoms with E-state index >= 15 is 0 Å². The fourth-order valence-electron chi connectivity index (χ4n) is 4.03. The average Bonchev–Trinajstić information content (AvgIpc) is 2.82. The van der Waals surface area contributed by atoms with Gasteiger partial charge in [0.25, 0.3) is 0 Å². The van der Waals surface area contributed by atoms with Gasteiger partial charge in [-0.25, -0.2) is 0 Å². The zero-order valence-corrected chi connectivity index (χ0v) is 22.6. The maximum atomic E-state index is 12.9. The van der Waals surface area contributed by atoms with Crippen LogP contribution in [0.2, 0.25) is 0 Å². The predicted molar refractivity (Wildman–Crippen MR) is 140 cm³/mol. The molecule has 0 N–H and O–H groups in total. The summed E-state index contributed by atoms with van der Waals surface area (Å²) in [7, 11) is 0. The van der Waals surface area contributed by atoms with Gasteiger partial charge < -0.3 is 14.3 Å². The number of hydrogen-bond acceptors (Lipinski definition) is 5. The molecule has 0 saturated carbocycles. The second kappa shape index (κ2) is 23.1. The summed E-state index contributed by atoms with van der Waals surface area (Å²) in [5.74, 6) is -0.830. The standard InChI is InChI=1S/C29H52O5/c1-5-8-9-10-14-17-20-26(21-18-15-12-11-13-16-19-25(4)30)27(29(32)34-23-7-3)24-28(31)33-22-6-2/h18,21,26-27H,5-17,19-20,22-24H2,1-4H3/b21-18+. The smallest absolute Gasteiger partial charge is 0.310 e. The fraction of sp³-hybridized carbons (Fsp3) is 0.828. The number of allylic oxidation sites excluding steroid dienone is 2. The van der Waals surface area contributed by atoms with Crippen LogP contribution in [0, 0.1) is 11.8 Å². The summed E-state index contributed by atoms with van der Waals surface area (Å²) in [6.07, 6.45) is 19.8. The summed E-state index contributed by atoms with van der Waals surface area (Å²) in [6, 6.07) is 0. The molecule has 0 radical (unpaired) electrons. The van der Waals surface area contributed by atoms with Crippen molar-refractivity contribution < 1.29 is 23.9 Å². The van der Waals surface area contributed by atoms with Crippen LogP contribution in [0.15, 0.2) is 12.2 Å². The number of rotatable bonds is 23. The summed E-state index contributed by atoms with van der Waals surface area (Å²) in [6.45, 7) is 8.57. The lowest BCUT2D eigenvalue weighted by molar-refractivity contribution is -0.156. The number of esters is 2. The van der Waals surface area contributed by atoms with Crippen molar-refractivity contribution in [2.75, 3.05) is 13.2 Å². The van der Waals surface area contributed by atoms with Crippen molar-refractivity contribution >= 4 is 17.7 Å². The molecule has 0 aliphatic rings. The molecule has 5 heteroatoms. The SMILES string of the molecule is CCCCCCCCC(/C=C/CCCCCCC(C)=O)C(CC(=O)OCCC)C(=O)OCCC. The Balaban J connectivity index is 5.03. The number of ketones is 1. The third-order valence-electron chi connectivity index (χ3n) is 6.05. The first kappa shape index (κ1) is 32.4. The number of unbranched alkanes of at least 4 members (excludes halogenated alkanes) is 9. The highest BCUT2D eigenvalue weighted by atomic mass is 16.5. The van der Waals surface area contributed by atoms with Crippen LogP contribution >= 0.6 is 0 Å². The molecule has 0 amide bonds. The van der Waals surface area contributed by atoms with Crippen LogP contribution in [-0.2, 0) is 23.9 Å². The topological polar surface area (TPSA) is 69.7 Å². The molecule has 0 aliphatic heterocycles. The minimum atomic E-state index is -0.488. The molecule has 34 heavy (non-hydrogen) atoms. The molecular formula is C29H52O5. The quantitative estimate of drug-likeness (QED) is 0.0849. The van der Waals surface area contributed by atoms with Gasteiger partial charge in [-0.2, -0.15) is 0 Å². The Morgan fingerprint density at radius 2 is 1.35 bits per heavy atom. The van der Waals surface area contributed by atoms with Crippen LogP contribution in [0.1, 0.15) is 130 Å². The second-order valence-corrected chi connectivity index (χ2v) is 9.50. The van der Waals surface area contributed by atoms with E-state index in [0.29, 0.717) is 19.6 Å². The Morgan fingerprint density at radius 1 is 0.735 bits per heavy atom. The number of ether oxygens (including phenoxy) is 2. The largest absolute Gasteiger partial charge is 0.466 e. The maximum Gasteiger partial charge on any atom is 0.310 e. The molecule has 0 fully saturated rings. The van der Waals surface area contributed by atoms with Gasteiger partial charge in [-0.15, -0.1) is 0 Å². The third-order valence-corrected chi connectivity index (χ3v) is 6.05. The molecule has 0 rings (SSSR count). The molecule has 198 valence electrons. The second-order valence-electron chi connectivity index (χ2n) is 9.50. The van der Waals surface area contributed by atoms with Gasteiger partial charge in [0.15, 0.2) is 0 Å². The van der Waals surface area contributed by atoms with E-state index in [0.717, 1.165) is 64.2 Å². The van der Waals surface area contributed by atoms with Crippen molar-refractivity contribution in [3.8, 4) is 0 Å². The first-order valence-corrected chi connectivity index (χ1v) is 13.9. The Morgan fingerprint density at radius 3 is 2.03 bits per heavy atom. The summed E-state index contributed by atoms with van der Waals surface area (Å²) >= 11 is 0. The minimum Gasteiger partial charge on any atom is -0.466 e. The number of Topliss-reactive ketones (excluding diaryl/α,β-unsaturated/α-hetero) is 1. The number of carbonyl (C=O) groups excluding carboxylic acids is 3. The Bertz CT molecular complexity index is 555. The van der Waals surface area contributed by atoms with E-state index in [1.54, 1.807) is 6.92 Å². The van der Waals surface area contributed by atoms with Crippen LogP contribution in [-0.4, -0.2) is 30.9 Å². The molecule has 0 aromatic carbocycles. The van der Waals surface area contributed by atoms with Crippen LogP contribution < -0.4 is 0 Å². The van der Waals surface area contributed by atoms with Crippen LogP contribution in [0.4, 0.5) is 0 Å². The summed E-state index contributed by atoms with van der Waals surface area (Å²) in [4.78, 5) is 36.3. The van der Waals surface area contributed by atoms with Crippen molar-refractivity contribution in [3.63, 3.8) is 0 Å². The molecule has 0 saturated heterocycles. The van der Waals surface area contributed by atoms with E-state index in [2.05, 4.69) is 19.1 Å². The normalized spacial score (nSPS) is 13.1. The van der Waals surface area contributed by atoms with Gasteiger partial charge in [-0.3, -0.25) is 9.59 Å². The molecular weight excluding hydrogens is 428 g/mol. The highest BCUT2D eigenvalue weighted by molar-refractivity contribution is 5.80. The fourth-order valence-corrected chi connectivity index (χ4v) is 4.03. The monoisotopic (exact) mass is 480 g/mol. The van der Waals surface area contributed by atoms with E-state index in [1.807, 2.05) is 13.8 Å². The third kappa shape index (κ3) is 18.7. The Labute approximate surface area is 209 Å². The zero-order chi connectivity index (χ0) is 25.4. The van der Waals surface area contributed by atoms with Gasteiger partial charge in [-0.1, -0.05) is 84.3 Å². The van der Waals surface area contributed by atoms with E-state index in [4.69, 9.17) is 9.47 Å². The van der Waals surface area contributed by atoms with Crippen LogP contribution in [0.5, 0.6) is 0 Å². The van der Waals surface area contributed by atoms with Crippen molar-refractivity contribution in [3.05, 3.63) is 12.2 Å². The molecule has 2 unspecified atom stereocenters. The predicted octanol–water partition coefficient (Wildman–Crippen LogP) is 7.75. The molecule has 2 atom stereocenters. The van der Waals surface area contributed by atoms with Gasteiger partial charge >= 0.3 is 11.9 Å². The summed E-state index contributed by atoms with van der Waals surface area (Å²) < 4.78 is 10.8. The molecule has 0 heterocycles. The number of carbonyl (C=O) groups is 3. The van der Waals surface area contributed by atoms with Gasteiger partial charge in [0.05, 0.1) is 25.6 Å². The highest BCUT2D eigenvalue weighted by Crippen LogP contribution is 2.27. The van der Waals surface area contributed by atoms with E-state index in [-0.39, 0.29) is 30.1 Å². The zero-order valence-electron chi connectivity index (χ0n) is 22.6. The molecule has 0 bridgehead atoms. The first-order chi connectivity index (χ1) is 16.5. The molecule has 0 aromatic rings. The highest BCUT2D eigenvalue weighted by Gasteiger charge is 2.30. The molecule has 0 spiro atoms. The average molecular weight is 481 g/mol. The molecule has 0 aliphatic carbocycles. The minimum absolute atomic E-state index is 0.0116. The summed E-state index contributed by atoms with van der Waals surface area (Å²) in [5, 5.41) is 0. The van der Waals surface area contributed by atoms with Crippen molar-refractivity contribution in [1.29, 1.82) is 0 Å². The first-order valence-electron chi connectivity index (χ1n) is 13.9. The van der Waals surface area contributed by atoms with E-state index in [9.17, 15) is 14.4 Å². The number of hydrogen-bond donors (Lipinski definition) is 0. The Kier molecular flexibility index (Phi) is 22.0. The van der Waals surface area contributed by atoms with Crippen molar-refractivity contribution in [1.82, 2.24) is 0 Å². The lowest BCUT2D eigenvalue weighted by atomic mass is 9.84. The Hall–Kier alpha value is -1.65. The van der Waals surface area contributed by atoms with Crippen molar-refractivity contribution in [2.24, 2.45) is 11.8 Å². The van der Waals surface area contributed by atoms with E-state index in [1.165, 1.54) is 25.7 Å². The van der Waals surface area contributed by atoms with Gasteiger partial charge in [0.2, 0.25) is 0 Å². The van der Waals surface area contributed by atoms with Gasteiger partial charge in [0, 0.05) is 6.42 Å². The summed E-state index contributed by atoms with van der Waals surface area (Å²) in [5.41, 5.74) is 0. The molecule has 0 aromatic heterocycles.